The first kappa shape index (κ1) is 29.0. The quantitative estimate of drug-likeness (QED) is 0.355. The van der Waals surface area contributed by atoms with Crippen molar-refractivity contribution < 1.29 is 48.3 Å². The molecule has 2 aliphatic carbocycles. The Morgan fingerprint density at radius 3 is 2.64 bits per heavy atom. The Kier molecular flexibility index (Phi) is 6.67. The molecule has 3 heterocycles. The number of aliphatic hydroxyl groups is 2. The van der Waals surface area contributed by atoms with Crippen LogP contribution in [0.5, 0.6) is 5.75 Å². The van der Waals surface area contributed by atoms with Crippen molar-refractivity contribution in [3.05, 3.63) is 76.6 Å². The van der Waals surface area contributed by atoms with Gasteiger partial charge in [-0.3, -0.25) is 4.79 Å². The number of benzene rings is 2. The lowest BCUT2D eigenvalue weighted by Crippen LogP contribution is -2.74. The van der Waals surface area contributed by atoms with Crippen LogP contribution in [0.3, 0.4) is 0 Å². The van der Waals surface area contributed by atoms with Gasteiger partial charge in [0.1, 0.15) is 11.5 Å². The fraction of sp³-hybridized carbons (Fsp3) is 0.485. The summed E-state index contributed by atoms with van der Waals surface area (Å²) < 4.78 is 28.9. The SMILES string of the molecule is CN1CC[C@]23c4c5ccc(CO)c4O[C@H]2C(OC(=O)[C@@H](OC(=O)C[C@@H]2OC(C)(C)OC2=O)c2ccccc2)=CC[C@@]3(O)[C@H]1C5. The van der Waals surface area contributed by atoms with Crippen molar-refractivity contribution in [3.63, 3.8) is 0 Å². The molecule has 7 rings (SSSR count). The highest BCUT2D eigenvalue weighted by Gasteiger charge is 2.72. The summed E-state index contributed by atoms with van der Waals surface area (Å²) in [6, 6.07) is 12.1. The first-order valence-electron chi connectivity index (χ1n) is 14.9. The molecule has 2 N–H and O–H groups in total. The van der Waals surface area contributed by atoms with Crippen molar-refractivity contribution in [1.82, 2.24) is 4.90 Å². The van der Waals surface area contributed by atoms with Gasteiger partial charge in [-0.05, 0) is 38.1 Å². The summed E-state index contributed by atoms with van der Waals surface area (Å²) in [6.07, 6.45) is -0.793. The van der Waals surface area contributed by atoms with Gasteiger partial charge in [-0.25, -0.2) is 9.59 Å². The average molecular weight is 606 g/mol. The monoisotopic (exact) mass is 605 g/mol. The van der Waals surface area contributed by atoms with Crippen molar-refractivity contribution in [1.29, 1.82) is 0 Å². The molecule has 2 saturated heterocycles. The van der Waals surface area contributed by atoms with Crippen LogP contribution in [0, 0.1) is 0 Å². The highest BCUT2D eigenvalue weighted by atomic mass is 16.8. The summed E-state index contributed by atoms with van der Waals surface area (Å²) in [5.74, 6) is -2.80. The number of carbonyl (C=O) groups excluding carboxylic acids is 3. The van der Waals surface area contributed by atoms with E-state index in [2.05, 4.69) is 4.90 Å². The largest absolute Gasteiger partial charge is 0.481 e. The van der Waals surface area contributed by atoms with Gasteiger partial charge in [0, 0.05) is 43.0 Å². The van der Waals surface area contributed by atoms with E-state index in [1.165, 1.54) is 0 Å². The van der Waals surface area contributed by atoms with E-state index in [0.29, 0.717) is 36.3 Å². The predicted octanol–water partition coefficient (Wildman–Crippen LogP) is 2.35. The van der Waals surface area contributed by atoms with Crippen LogP contribution in [0.4, 0.5) is 0 Å². The predicted molar refractivity (Wildman–Crippen MR) is 152 cm³/mol. The second kappa shape index (κ2) is 10.1. The van der Waals surface area contributed by atoms with E-state index in [1.54, 1.807) is 50.3 Å². The molecule has 232 valence electrons. The molecule has 2 aromatic rings. The molecule has 0 unspecified atom stereocenters. The van der Waals surface area contributed by atoms with Crippen LogP contribution in [0.1, 0.15) is 61.5 Å². The minimum absolute atomic E-state index is 0.179. The van der Waals surface area contributed by atoms with Crippen LogP contribution in [0.25, 0.3) is 0 Å². The lowest BCUT2D eigenvalue weighted by atomic mass is 9.50. The van der Waals surface area contributed by atoms with Gasteiger partial charge in [0.25, 0.3) is 0 Å². The number of likely N-dealkylation sites (N-methyl/N-ethyl adjacent to an activating group) is 1. The Balaban J connectivity index is 1.20. The Hall–Kier alpha value is -3.77. The van der Waals surface area contributed by atoms with E-state index in [4.69, 9.17) is 23.7 Å². The average Bonchev–Trinajstić information content (AvgIpc) is 3.47. The van der Waals surface area contributed by atoms with Crippen molar-refractivity contribution in [2.75, 3.05) is 13.6 Å². The van der Waals surface area contributed by atoms with E-state index in [9.17, 15) is 24.6 Å². The first-order valence-corrected chi connectivity index (χ1v) is 14.9. The Morgan fingerprint density at radius 1 is 1.16 bits per heavy atom. The standard InChI is InChI=1S/C33H35NO10/c1-31(2)43-22(29(37)44-31)16-24(36)41-27(18-7-5-4-6-8-18)30(38)40-21-11-12-33(39)23-15-19-9-10-20(17-35)26-25(19)32(33,28(21)42-26)13-14-34(23)3/h4-11,22-23,27-28,35,39H,12-17H2,1-3H3/t22-,23+,27-,28-,32-,33+/m0/s1. The van der Waals surface area contributed by atoms with Gasteiger partial charge in [0.15, 0.2) is 12.2 Å². The van der Waals surface area contributed by atoms with Gasteiger partial charge in [0.05, 0.1) is 24.0 Å². The topological polar surface area (TPSA) is 141 Å². The number of hydrogen-bond donors (Lipinski definition) is 2. The third kappa shape index (κ3) is 4.21. The summed E-state index contributed by atoms with van der Waals surface area (Å²) in [5, 5.41) is 22.6. The molecule has 2 bridgehead atoms. The molecule has 0 aromatic heterocycles. The number of piperidine rings is 1. The molecule has 2 fully saturated rings. The lowest BCUT2D eigenvalue weighted by molar-refractivity contribution is -0.178. The normalized spacial score (nSPS) is 31.7. The Morgan fingerprint density at radius 2 is 1.93 bits per heavy atom. The number of esters is 3. The number of ether oxygens (including phenoxy) is 5. The minimum atomic E-state index is -1.45. The summed E-state index contributed by atoms with van der Waals surface area (Å²) in [6.45, 7) is 3.58. The molecule has 44 heavy (non-hydrogen) atoms. The van der Waals surface area contributed by atoms with Gasteiger partial charge in [-0.1, -0.05) is 42.5 Å². The molecule has 2 aromatic carbocycles. The molecule has 11 heteroatoms. The van der Waals surface area contributed by atoms with E-state index in [0.717, 1.165) is 11.1 Å². The number of carbonyl (C=O) groups is 3. The second-order valence-corrected chi connectivity index (χ2v) is 12.7. The molecule has 3 aliphatic heterocycles. The Labute approximate surface area is 254 Å². The minimum Gasteiger partial charge on any atom is -0.481 e. The number of rotatable bonds is 7. The lowest BCUT2D eigenvalue weighted by Gasteiger charge is -2.61. The van der Waals surface area contributed by atoms with Gasteiger partial charge >= 0.3 is 17.9 Å². The maximum atomic E-state index is 13.9. The van der Waals surface area contributed by atoms with Crippen molar-refractivity contribution in [2.45, 2.75) is 87.3 Å². The molecule has 1 spiro atoms. The van der Waals surface area contributed by atoms with E-state index >= 15 is 0 Å². The van der Waals surface area contributed by atoms with Crippen molar-refractivity contribution in [3.8, 4) is 5.75 Å². The molecule has 11 nitrogen and oxygen atoms in total. The number of aliphatic hydroxyl groups excluding tert-OH is 1. The first-order chi connectivity index (χ1) is 21.0. The zero-order valence-electron chi connectivity index (χ0n) is 24.8. The summed E-state index contributed by atoms with van der Waals surface area (Å²) in [7, 11) is 2.00. The summed E-state index contributed by atoms with van der Waals surface area (Å²) in [4.78, 5) is 41.3. The summed E-state index contributed by atoms with van der Waals surface area (Å²) >= 11 is 0. The van der Waals surface area contributed by atoms with Gasteiger partial charge in [0.2, 0.25) is 11.9 Å². The van der Waals surface area contributed by atoms with E-state index < -0.39 is 59.4 Å². The van der Waals surface area contributed by atoms with Crippen LogP contribution < -0.4 is 4.74 Å². The zero-order chi connectivity index (χ0) is 31.0. The second-order valence-electron chi connectivity index (χ2n) is 12.7. The maximum absolute atomic E-state index is 13.9. The van der Waals surface area contributed by atoms with E-state index in [1.807, 2.05) is 19.2 Å². The van der Waals surface area contributed by atoms with Crippen LogP contribution in [-0.4, -0.2) is 76.3 Å². The molecular formula is C33H35NO10. The summed E-state index contributed by atoms with van der Waals surface area (Å²) in [5.41, 5.74) is 0.811. The number of nitrogens with zero attached hydrogens (tertiary/aromatic N) is 1. The molecule has 6 atom stereocenters. The maximum Gasteiger partial charge on any atom is 0.357 e. The van der Waals surface area contributed by atoms with Crippen LogP contribution in [-0.2, 0) is 51.8 Å². The van der Waals surface area contributed by atoms with Gasteiger partial charge in [-0.2, -0.15) is 0 Å². The molecule has 0 saturated carbocycles. The zero-order valence-corrected chi connectivity index (χ0v) is 24.8. The fourth-order valence-corrected chi connectivity index (χ4v) is 7.86. The third-order valence-corrected chi connectivity index (χ3v) is 9.80. The van der Waals surface area contributed by atoms with Crippen LogP contribution >= 0.6 is 0 Å². The van der Waals surface area contributed by atoms with Gasteiger partial charge in [-0.15, -0.1) is 0 Å². The highest BCUT2D eigenvalue weighted by molar-refractivity contribution is 5.85. The fourth-order valence-electron chi connectivity index (χ4n) is 7.86. The molecule has 5 aliphatic rings. The highest BCUT2D eigenvalue weighted by Crippen LogP contribution is 2.64. The number of hydrogen-bond acceptors (Lipinski definition) is 11. The van der Waals surface area contributed by atoms with Crippen molar-refractivity contribution in [2.24, 2.45) is 0 Å². The number of likely N-dealkylation sites (tertiary alicyclic amines) is 1. The van der Waals surface area contributed by atoms with Crippen LogP contribution in [0.2, 0.25) is 0 Å². The third-order valence-electron chi connectivity index (χ3n) is 9.80. The van der Waals surface area contributed by atoms with Crippen LogP contribution in [0.15, 0.2) is 54.3 Å². The molecular weight excluding hydrogens is 570 g/mol. The Bertz CT molecular complexity index is 1570. The molecule has 0 amide bonds. The smallest absolute Gasteiger partial charge is 0.357 e. The number of cyclic esters (lactones) is 1. The van der Waals surface area contributed by atoms with Gasteiger partial charge < -0.3 is 38.8 Å². The van der Waals surface area contributed by atoms with E-state index in [-0.39, 0.29) is 24.8 Å². The van der Waals surface area contributed by atoms with Crippen molar-refractivity contribution >= 4 is 17.9 Å². The molecule has 0 radical (unpaired) electrons.